The van der Waals surface area contributed by atoms with Gasteiger partial charge in [0.2, 0.25) is 0 Å². The average molecular weight is 216 g/mol. The number of hydrogen-bond donors (Lipinski definition) is 0. The molecular weight excluding hydrogens is 200 g/mol. The number of para-hydroxylation sites is 1. The lowest BCUT2D eigenvalue weighted by molar-refractivity contribution is -0.107. The van der Waals surface area contributed by atoms with Crippen molar-refractivity contribution in [3.8, 4) is 0 Å². The summed E-state index contributed by atoms with van der Waals surface area (Å²) in [7, 11) is 0. The predicted octanol–water partition coefficient (Wildman–Crippen LogP) is 2.58. The van der Waals surface area contributed by atoms with E-state index in [4.69, 9.17) is 0 Å². The van der Waals surface area contributed by atoms with Gasteiger partial charge in [0.1, 0.15) is 6.29 Å². The molecule has 84 valence electrons. The quantitative estimate of drug-likeness (QED) is 0.568. The molecule has 16 heavy (non-hydrogen) atoms. The maximum Gasteiger partial charge on any atom is 0.120 e. The molecule has 1 aromatic heterocycles. The minimum atomic E-state index is 0.618. The molecule has 1 aromatic carbocycles. The summed E-state index contributed by atoms with van der Waals surface area (Å²) in [5.41, 5.74) is 2.30. The number of benzene rings is 1. The molecule has 0 saturated carbocycles. The smallest absolute Gasteiger partial charge is 0.120 e. The minimum absolute atomic E-state index is 0.618. The third-order valence-electron chi connectivity index (χ3n) is 2.77. The molecule has 0 unspecified atom stereocenters. The number of rotatable bonds is 5. The first-order chi connectivity index (χ1) is 7.86. The summed E-state index contributed by atoms with van der Waals surface area (Å²) in [6.07, 6.45) is 3.35. The molecule has 0 bridgehead atoms. The maximum absolute atomic E-state index is 10.3. The number of nitrogens with zero attached hydrogens (tertiary/aromatic N) is 2. The van der Waals surface area contributed by atoms with Gasteiger partial charge in [-0.2, -0.15) is 5.10 Å². The second kappa shape index (κ2) is 4.92. The highest BCUT2D eigenvalue weighted by molar-refractivity contribution is 5.81. The van der Waals surface area contributed by atoms with Crippen LogP contribution in [0, 0.1) is 0 Å². The second-order valence-corrected chi connectivity index (χ2v) is 3.84. The lowest BCUT2D eigenvalue weighted by Crippen LogP contribution is -1.97. The van der Waals surface area contributed by atoms with Crippen LogP contribution in [-0.2, 0) is 17.8 Å². The van der Waals surface area contributed by atoms with E-state index < -0.39 is 0 Å². The summed E-state index contributed by atoms with van der Waals surface area (Å²) >= 11 is 0. The van der Waals surface area contributed by atoms with Crippen LogP contribution in [0.5, 0.6) is 0 Å². The first-order valence-electron chi connectivity index (χ1n) is 5.75. The van der Waals surface area contributed by atoms with Gasteiger partial charge in [-0.3, -0.25) is 4.68 Å². The van der Waals surface area contributed by atoms with Gasteiger partial charge in [-0.25, -0.2) is 0 Å². The van der Waals surface area contributed by atoms with Gasteiger partial charge < -0.3 is 4.79 Å². The first kappa shape index (κ1) is 10.9. The summed E-state index contributed by atoms with van der Waals surface area (Å²) in [5, 5.41) is 5.80. The highest BCUT2D eigenvalue weighted by atomic mass is 16.1. The van der Waals surface area contributed by atoms with Gasteiger partial charge in [0.25, 0.3) is 0 Å². The highest BCUT2D eigenvalue weighted by Crippen LogP contribution is 2.19. The zero-order valence-corrected chi connectivity index (χ0v) is 9.52. The first-order valence-corrected chi connectivity index (χ1v) is 5.75. The third-order valence-corrected chi connectivity index (χ3v) is 2.77. The monoisotopic (exact) mass is 216 g/mol. The Morgan fingerprint density at radius 2 is 2.19 bits per heavy atom. The minimum Gasteiger partial charge on any atom is -0.303 e. The summed E-state index contributed by atoms with van der Waals surface area (Å²) < 4.78 is 2.02. The van der Waals surface area contributed by atoms with Gasteiger partial charge in [-0.1, -0.05) is 18.2 Å². The van der Waals surface area contributed by atoms with Crippen LogP contribution in [0.15, 0.2) is 24.3 Å². The lowest BCUT2D eigenvalue weighted by Gasteiger charge is -1.95. The van der Waals surface area contributed by atoms with Crippen LogP contribution in [0.4, 0.5) is 0 Å². The Labute approximate surface area is 95.1 Å². The SMILES string of the molecule is CCn1nc(CCCC=O)c2ccccc21. The van der Waals surface area contributed by atoms with E-state index in [0.717, 1.165) is 31.4 Å². The number of hydrogen-bond acceptors (Lipinski definition) is 2. The van der Waals surface area contributed by atoms with Crippen molar-refractivity contribution in [1.29, 1.82) is 0 Å². The Morgan fingerprint density at radius 3 is 2.94 bits per heavy atom. The molecule has 0 saturated heterocycles. The molecule has 0 aliphatic carbocycles. The Bertz CT molecular complexity index is 488. The summed E-state index contributed by atoms with van der Waals surface area (Å²) in [6, 6.07) is 8.26. The van der Waals surface area contributed by atoms with Crippen LogP contribution in [-0.4, -0.2) is 16.1 Å². The van der Waals surface area contributed by atoms with Gasteiger partial charge in [0.15, 0.2) is 0 Å². The third kappa shape index (κ3) is 1.98. The summed E-state index contributed by atoms with van der Waals surface area (Å²) in [4.78, 5) is 10.3. The fourth-order valence-corrected chi connectivity index (χ4v) is 1.97. The molecule has 1 heterocycles. The van der Waals surface area contributed by atoms with E-state index in [9.17, 15) is 4.79 Å². The zero-order chi connectivity index (χ0) is 11.4. The number of aryl methyl sites for hydroxylation is 2. The van der Waals surface area contributed by atoms with Crippen molar-refractivity contribution in [2.75, 3.05) is 0 Å². The fourth-order valence-electron chi connectivity index (χ4n) is 1.97. The predicted molar refractivity (Wildman–Crippen MR) is 64.4 cm³/mol. The van der Waals surface area contributed by atoms with Crippen molar-refractivity contribution in [2.24, 2.45) is 0 Å². The van der Waals surface area contributed by atoms with E-state index in [2.05, 4.69) is 24.2 Å². The molecule has 0 aliphatic heterocycles. The molecule has 0 radical (unpaired) electrons. The van der Waals surface area contributed by atoms with Gasteiger partial charge in [0, 0.05) is 18.4 Å². The van der Waals surface area contributed by atoms with E-state index in [1.807, 2.05) is 16.8 Å². The molecule has 2 aromatic rings. The van der Waals surface area contributed by atoms with Crippen LogP contribution >= 0.6 is 0 Å². The number of carbonyl (C=O) groups excluding carboxylic acids is 1. The number of aldehydes is 1. The van der Waals surface area contributed by atoms with Crippen LogP contribution in [0.1, 0.15) is 25.5 Å². The Balaban J connectivity index is 2.33. The molecule has 0 atom stereocenters. The van der Waals surface area contributed by atoms with Crippen LogP contribution < -0.4 is 0 Å². The zero-order valence-electron chi connectivity index (χ0n) is 9.52. The van der Waals surface area contributed by atoms with E-state index in [1.54, 1.807) is 0 Å². The normalized spacial score (nSPS) is 10.8. The molecule has 0 N–H and O–H groups in total. The molecule has 0 fully saturated rings. The molecule has 2 rings (SSSR count). The van der Waals surface area contributed by atoms with Gasteiger partial charge >= 0.3 is 0 Å². The van der Waals surface area contributed by atoms with Gasteiger partial charge in [-0.05, 0) is 25.8 Å². The molecule has 0 aliphatic rings. The van der Waals surface area contributed by atoms with Crippen molar-refractivity contribution in [2.45, 2.75) is 32.7 Å². The van der Waals surface area contributed by atoms with Crippen molar-refractivity contribution in [1.82, 2.24) is 9.78 Å². The van der Waals surface area contributed by atoms with E-state index in [1.165, 1.54) is 10.9 Å². The largest absolute Gasteiger partial charge is 0.303 e. The van der Waals surface area contributed by atoms with Crippen LogP contribution in [0.3, 0.4) is 0 Å². The number of fused-ring (bicyclic) bond motifs is 1. The molecular formula is C13H16N2O. The van der Waals surface area contributed by atoms with Crippen LogP contribution in [0.2, 0.25) is 0 Å². The summed E-state index contributed by atoms with van der Waals surface area (Å²) in [5.74, 6) is 0. The van der Waals surface area contributed by atoms with Gasteiger partial charge in [0.05, 0.1) is 11.2 Å². The Morgan fingerprint density at radius 1 is 1.38 bits per heavy atom. The lowest BCUT2D eigenvalue weighted by atomic mass is 10.1. The van der Waals surface area contributed by atoms with E-state index >= 15 is 0 Å². The number of carbonyl (C=O) groups is 1. The maximum atomic E-state index is 10.3. The number of unbranched alkanes of at least 4 members (excludes halogenated alkanes) is 1. The molecule has 0 spiro atoms. The van der Waals surface area contributed by atoms with Crippen molar-refractivity contribution in [3.63, 3.8) is 0 Å². The molecule has 3 heteroatoms. The second-order valence-electron chi connectivity index (χ2n) is 3.84. The van der Waals surface area contributed by atoms with Crippen molar-refractivity contribution in [3.05, 3.63) is 30.0 Å². The van der Waals surface area contributed by atoms with Gasteiger partial charge in [-0.15, -0.1) is 0 Å². The number of aromatic nitrogens is 2. The fraction of sp³-hybridized carbons (Fsp3) is 0.385. The van der Waals surface area contributed by atoms with E-state index in [0.29, 0.717) is 6.42 Å². The van der Waals surface area contributed by atoms with Crippen molar-refractivity contribution >= 4 is 17.2 Å². The topological polar surface area (TPSA) is 34.9 Å². The Hall–Kier alpha value is -1.64. The molecule has 3 nitrogen and oxygen atoms in total. The summed E-state index contributed by atoms with van der Waals surface area (Å²) in [6.45, 7) is 2.98. The molecule has 0 amide bonds. The standard InChI is InChI=1S/C13H16N2O/c1-2-15-13-9-4-3-7-11(13)12(14-15)8-5-6-10-16/h3-4,7,9-10H,2,5-6,8H2,1H3. The highest BCUT2D eigenvalue weighted by Gasteiger charge is 2.07. The van der Waals surface area contributed by atoms with E-state index in [-0.39, 0.29) is 0 Å². The van der Waals surface area contributed by atoms with Crippen molar-refractivity contribution < 1.29 is 4.79 Å². The van der Waals surface area contributed by atoms with Crippen LogP contribution in [0.25, 0.3) is 10.9 Å². The average Bonchev–Trinajstić information content (AvgIpc) is 2.68. The Kier molecular flexibility index (Phi) is 3.34.